The number of oxime groups is 1. The first-order valence-corrected chi connectivity index (χ1v) is 10.6. The van der Waals surface area contributed by atoms with Gasteiger partial charge in [0.15, 0.2) is 0 Å². The van der Waals surface area contributed by atoms with Crippen molar-refractivity contribution in [2.45, 2.75) is 26.0 Å². The number of pyridine rings is 1. The first kappa shape index (κ1) is 23.9. The van der Waals surface area contributed by atoms with Gasteiger partial charge in [0, 0.05) is 24.2 Å². The fraction of sp³-hybridized carbons (Fsp3) is 0.238. The van der Waals surface area contributed by atoms with Gasteiger partial charge in [0.1, 0.15) is 5.82 Å². The number of amides is 3. The van der Waals surface area contributed by atoms with E-state index in [2.05, 4.69) is 36.4 Å². The SMILES string of the molecule is COC1=NOC(C(=O)NNC(=O)NCc2ncc(-c3cccc(Cl)c3-c3noc(C)n3)cc2F)C1. The number of nitrogens with one attached hydrogen (secondary N) is 3. The number of halogens is 2. The lowest BCUT2D eigenvalue weighted by Crippen LogP contribution is -2.50. The van der Waals surface area contributed by atoms with Gasteiger partial charge in [-0.25, -0.2) is 14.6 Å². The van der Waals surface area contributed by atoms with Crippen molar-refractivity contribution < 1.29 is 28.1 Å². The zero-order valence-electron chi connectivity index (χ0n) is 18.5. The summed E-state index contributed by atoms with van der Waals surface area (Å²) in [6, 6.07) is 5.58. The zero-order valence-corrected chi connectivity index (χ0v) is 19.2. The molecule has 1 atom stereocenters. The van der Waals surface area contributed by atoms with Gasteiger partial charge in [0.25, 0.3) is 5.91 Å². The summed E-state index contributed by atoms with van der Waals surface area (Å²) in [4.78, 5) is 37.1. The highest BCUT2D eigenvalue weighted by atomic mass is 35.5. The Morgan fingerprint density at radius 1 is 1.31 bits per heavy atom. The van der Waals surface area contributed by atoms with Crippen LogP contribution in [0.25, 0.3) is 22.5 Å². The van der Waals surface area contributed by atoms with Crippen LogP contribution in [0.2, 0.25) is 5.02 Å². The van der Waals surface area contributed by atoms with E-state index in [-0.39, 0.29) is 30.4 Å². The monoisotopic (exact) mass is 503 g/mol. The summed E-state index contributed by atoms with van der Waals surface area (Å²) in [5, 5.41) is 10.2. The van der Waals surface area contributed by atoms with Crippen LogP contribution in [-0.2, 0) is 20.9 Å². The maximum absolute atomic E-state index is 14.8. The molecule has 3 aromatic rings. The molecule has 1 aromatic carbocycles. The average Bonchev–Trinajstić information content (AvgIpc) is 3.50. The molecule has 0 radical (unpaired) electrons. The number of aryl methyl sites for hydroxylation is 1. The van der Waals surface area contributed by atoms with Crippen LogP contribution in [0.15, 0.2) is 40.1 Å². The average molecular weight is 504 g/mol. The highest BCUT2D eigenvalue weighted by Gasteiger charge is 2.29. The summed E-state index contributed by atoms with van der Waals surface area (Å²) in [7, 11) is 1.40. The Labute approximate surface area is 202 Å². The maximum atomic E-state index is 14.8. The van der Waals surface area contributed by atoms with Gasteiger partial charge in [-0.05, 0) is 17.7 Å². The van der Waals surface area contributed by atoms with Crippen molar-refractivity contribution in [3.05, 3.63) is 52.9 Å². The number of hydrazine groups is 1. The van der Waals surface area contributed by atoms with Gasteiger partial charge in [-0.15, -0.1) is 0 Å². The summed E-state index contributed by atoms with van der Waals surface area (Å²) in [6.45, 7) is 1.41. The second kappa shape index (κ2) is 10.3. The van der Waals surface area contributed by atoms with Crippen LogP contribution in [-0.4, -0.2) is 46.2 Å². The summed E-state index contributed by atoms with van der Waals surface area (Å²) >= 11 is 6.35. The molecule has 14 heteroatoms. The van der Waals surface area contributed by atoms with Crippen LogP contribution in [0, 0.1) is 12.7 Å². The number of methoxy groups -OCH3 is 1. The smallest absolute Gasteiger partial charge is 0.333 e. The van der Waals surface area contributed by atoms with Gasteiger partial charge >= 0.3 is 6.03 Å². The molecule has 0 bridgehead atoms. The first-order chi connectivity index (χ1) is 16.9. The normalized spacial score (nSPS) is 14.6. The summed E-state index contributed by atoms with van der Waals surface area (Å²) in [5.41, 5.74) is 5.76. The molecule has 2 aromatic heterocycles. The number of benzene rings is 1. The fourth-order valence-electron chi connectivity index (χ4n) is 3.16. The zero-order chi connectivity index (χ0) is 24.9. The van der Waals surface area contributed by atoms with Crippen LogP contribution >= 0.6 is 11.6 Å². The minimum absolute atomic E-state index is 0.0218. The highest BCUT2D eigenvalue weighted by Crippen LogP contribution is 2.36. The molecule has 4 rings (SSSR count). The van der Waals surface area contributed by atoms with E-state index in [0.29, 0.717) is 27.6 Å². The number of ether oxygens (including phenoxy) is 1. The van der Waals surface area contributed by atoms with Crippen molar-refractivity contribution in [2.24, 2.45) is 5.16 Å². The molecule has 1 aliphatic heterocycles. The van der Waals surface area contributed by atoms with Crippen LogP contribution < -0.4 is 16.2 Å². The van der Waals surface area contributed by atoms with Gasteiger partial charge in [-0.2, -0.15) is 4.98 Å². The number of carbonyl (C=O) groups is 2. The molecule has 3 heterocycles. The number of hydrogen-bond donors (Lipinski definition) is 3. The van der Waals surface area contributed by atoms with Crippen molar-refractivity contribution in [2.75, 3.05) is 7.11 Å². The Hall–Kier alpha value is -4.26. The topological polar surface area (TPSA) is 153 Å². The summed E-state index contributed by atoms with van der Waals surface area (Å²) < 4.78 is 24.7. The molecule has 0 saturated carbocycles. The highest BCUT2D eigenvalue weighted by molar-refractivity contribution is 6.34. The molecule has 0 fully saturated rings. The van der Waals surface area contributed by atoms with E-state index >= 15 is 0 Å². The van der Waals surface area contributed by atoms with Crippen molar-refractivity contribution in [3.63, 3.8) is 0 Å². The lowest BCUT2D eigenvalue weighted by molar-refractivity contribution is -0.131. The van der Waals surface area contributed by atoms with Crippen molar-refractivity contribution >= 4 is 29.4 Å². The van der Waals surface area contributed by atoms with E-state index in [1.807, 2.05) is 0 Å². The second-order valence-electron chi connectivity index (χ2n) is 7.24. The van der Waals surface area contributed by atoms with Gasteiger partial charge in [0.05, 0.1) is 30.8 Å². The Bertz CT molecular complexity index is 1300. The lowest BCUT2D eigenvalue weighted by atomic mass is 10.00. The molecule has 35 heavy (non-hydrogen) atoms. The second-order valence-corrected chi connectivity index (χ2v) is 7.64. The third-order valence-electron chi connectivity index (χ3n) is 4.88. The first-order valence-electron chi connectivity index (χ1n) is 10.2. The largest absolute Gasteiger partial charge is 0.482 e. The Morgan fingerprint density at radius 2 is 2.14 bits per heavy atom. The molecule has 1 aliphatic rings. The van der Waals surface area contributed by atoms with Gasteiger partial charge in [-0.1, -0.05) is 34.0 Å². The van der Waals surface area contributed by atoms with Crippen molar-refractivity contribution in [1.29, 1.82) is 0 Å². The quantitative estimate of drug-likeness (QED) is 0.449. The van der Waals surface area contributed by atoms with E-state index in [4.69, 9.17) is 25.7 Å². The molecular weight excluding hydrogens is 485 g/mol. The minimum Gasteiger partial charge on any atom is -0.482 e. The lowest BCUT2D eigenvalue weighted by Gasteiger charge is -2.12. The number of carbonyl (C=O) groups excluding carboxylic acids is 2. The molecular formula is C21H19ClFN7O5. The Balaban J connectivity index is 1.38. The van der Waals surface area contributed by atoms with Gasteiger partial charge < -0.3 is 19.4 Å². The van der Waals surface area contributed by atoms with Crippen LogP contribution in [0.1, 0.15) is 18.0 Å². The van der Waals surface area contributed by atoms with E-state index in [1.165, 1.54) is 19.4 Å². The van der Waals surface area contributed by atoms with Crippen LogP contribution in [0.4, 0.5) is 9.18 Å². The molecule has 0 saturated heterocycles. The molecule has 0 aliphatic carbocycles. The molecule has 182 valence electrons. The summed E-state index contributed by atoms with van der Waals surface area (Å²) in [5.74, 6) is -0.405. The van der Waals surface area contributed by atoms with Crippen molar-refractivity contribution in [1.82, 2.24) is 31.3 Å². The minimum atomic E-state index is -0.926. The predicted molar refractivity (Wildman–Crippen MR) is 120 cm³/mol. The maximum Gasteiger partial charge on any atom is 0.333 e. The number of rotatable bonds is 5. The Kier molecular flexibility index (Phi) is 7.06. The molecule has 3 amide bonds. The van der Waals surface area contributed by atoms with E-state index < -0.39 is 23.9 Å². The molecule has 1 unspecified atom stereocenters. The number of aromatic nitrogens is 3. The van der Waals surface area contributed by atoms with E-state index in [1.54, 1.807) is 25.1 Å². The van der Waals surface area contributed by atoms with E-state index in [0.717, 1.165) is 0 Å². The third kappa shape index (κ3) is 5.46. The van der Waals surface area contributed by atoms with Gasteiger partial charge in [-0.3, -0.25) is 15.2 Å². The van der Waals surface area contributed by atoms with Crippen LogP contribution in [0.3, 0.4) is 0 Å². The number of nitrogens with zero attached hydrogens (tertiary/aromatic N) is 4. The molecule has 3 N–H and O–H groups in total. The number of urea groups is 1. The van der Waals surface area contributed by atoms with Gasteiger partial charge in [0.2, 0.25) is 23.7 Å². The number of hydrogen-bond acceptors (Lipinski definition) is 9. The molecule has 0 spiro atoms. The predicted octanol–water partition coefficient (Wildman–Crippen LogP) is 2.48. The van der Waals surface area contributed by atoms with E-state index in [9.17, 15) is 14.0 Å². The molecule has 12 nitrogen and oxygen atoms in total. The Morgan fingerprint density at radius 3 is 2.83 bits per heavy atom. The summed E-state index contributed by atoms with van der Waals surface area (Å²) in [6.07, 6.45) is 0.644. The standard InChI is InChI=1S/C21H19ClFN7O5/c1-10-26-19(30-34-10)18-12(4-3-5-13(18)22)11-6-14(23)15(24-8-11)9-25-21(32)28-27-20(31)16-7-17(33-2)29-35-16/h3-6,8,16H,7,9H2,1-2H3,(H,27,31)(H2,25,28,32). The van der Waals surface area contributed by atoms with Crippen molar-refractivity contribution in [3.8, 4) is 22.5 Å². The van der Waals surface area contributed by atoms with Crippen LogP contribution in [0.5, 0.6) is 0 Å². The fourth-order valence-corrected chi connectivity index (χ4v) is 3.42. The third-order valence-corrected chi connectivity index (χ3v) is 5.19.